The highest BCUT2D eigenvalue weighted by Gasteiger charge is 2.33. The van der Waals surface area contributed by atoms with Crippen LogP contribution >= 0.6 is 11.3 Å². The molecule has 4 heterocycles. The van der Waals surface area contributed by atoms with Crippen LogP contribution in [-0.4, -0.2) is 45.0 Å². The van der Waals surface area contributed by atoms with Crippen molar-refractivity contribution in [1.29, 1.82) is 0 Å². The number of carbonyl (C=O) groups is 2. The molecule has 1 saturated heterocycles. The third kappa shape index (κ3) is 3.46. The fourth-order valence-corrected chi connectivity index (χ4v) is 5.17. The number of amides is 2. The Hall–Kier alpha value is -3.59. The maximum absolute atomic E-state index is 13.1. The van der Waals surface area contributed by atoms with Gasteiger partial charge in [-0.2, -0.15) is 5.10 Å². The number of hydrogen-bond acceptors (Lipinski definition) is 5. The number of fused-ring (bicyclic) bond motifs is 1. The molecule has 31 heavy (non-hydrogen) atoms. The Morgan fingerprint density at radius 2 is 2.03 bits per heavy atom. The summed E-state index contributed by atoms with van der Waals surface area (Å²) in [5.41, 5.74) is 8.17. The van der Waals surface area contributed by atoms with E-state index in [1.54, 1.807) is 29.3 Å². The molecule has 1 atom stereocenters. The molecule has 0 aliphatic carbocycles. The number of H-pyrrole nitrogens is 1. The number of hydrogen-bond donors (Lipinski definition) is 2. The Labute approximate surface area is 180 Å². The number of benzene rings is 1. The van der Waals surface area contributed by atoms with Crippen molar-refractivity contribution in [3.05, 3.63) is 70.6 Å². The van der Waals surface area contributed by atoms with E-state index >= 15 is 0 Å². The highest BCUT2D eigenvalue weighted by atomic mass is 32.1. The molecule has 1 fully saturated rings. The first-order valence-corrected chi connectivity index (χ1v) is 10.6. The number of primary amides is 1. The molecule has 0 spiro atoms. The lowest BCUT2D eigenvalue weighted by Crippen LogP contribution is -2.29. The lowest BCUT2D eigenvalue weighted by Gasteiger charge is -2.16. The number of thiophene rings is 1. The number of nitrogens with one attached hydrogen (secondary N) is 1. The van der Waals surface area contributed by atoms with E-state index in [-0.39, 0.29) is 17.6 Å². The molecule has 0 unspecified atom stereocenters. The number of carbonyl (C=O) groups excluding carboxylic acids is 2. The number of aromatic amines is 1. The summed E-state index contributed by atoms with van der Waals surface area (Å²) < 4.78 is 13.1. The van der Waals surface area contributed by atoms with Gasteiger partial charge in [-0.3, -0.25) is 14.7 Å². The second-order valence-electron chi connectivity index (χ2n) is 7.48. The zero-order valence-electron chi connectivity index (χ0n) is 16.3. The summed E-state index contributed by atoms with van der Waals surface area (Å²) in [6.07, 6.45) is 2.42. The van der Waals surface area contributed by atoms with Crippen molar-refractivity contribution in [3.8, 4) is 11.3 Å². The van der Waals surface area contributed by atoms with Gasteiger partial charge in [-0.1, -0.05) is 6.07 Å². The zero-order chi connectivity index (χ0) is 21.5. The van der Waals surface area contributed by atoms with Crippen molar-refractivity contribution in [2.75, 3.05) is 13.1 Å². The second kappa shape index (κ2) is 7.59. The van der Waals surface area contributed by atoms with Gasteiger partial charge in [0.1, 0.15) is 16.3 Å². The lowest BCUT2D eigenvalue weighted by atomic mass is 9.95. The van der Waals surface area contributed by atoms with Gasteiger partial charge < -0.3 is 10.6 Å². The molecule has 3 aromatic heterocycles. The minimum absolute atomic E-state index is 0.00360. The van der Waals surface area contributed by atoms with Crippen LogP contribution in [0.5, 0.6) is 0 Å². The molecular weight excluding hydrogens is 417 g/mol. The van der Waals surface area contributed by atoms with Crippen LogP contribution in [0.4, 0.5) is 4.39 Å². The largest absolute Gasteiger partial charge is 0.365 e. The summed E-state index contributed by atoms with van der Waals surface area (Å²) >= 11 is 1.29. The summed E-state index contributed by atoms with van der Waals surface area (Å²) in [6.45, 7) is 1.04. The third-order valence-corrected chi connectivity index (χ3v) is 6.70. The van der Waals surface area contributed by atoms with Gasteiger partial charge in [-0.15, -0.1) is 11.3 Å². The lowest BCUT2D eigenvalue weighted by molar-refractivity contribution is 0.0785. The highest BCUT2D eigenvalue weighted by Crippen LogP contribution is 2.39. The number of rotatable bonds is 4. The number of halogens is 1. The second-order valence-corrected chi connectivity index (χ2v) is 8.47. The molecule has 2 amide bonds. The van der Waals surface area contributed by atoms with Gasteiger partial charge in [-0.25, -0.2) is 9.37 Å². The maximum atomic E-state index is 13.1. The molecule has 5 rings (SSSR count). The quantitative estimate of drug-likeness (QED) is 0.511. The maximum Gasteiger partial charge on any atom is 0.271 e. The van der Waals surface area contributed by atoms with Crippen LogP contribution in [0.1, 0.15) is 38.1 Å². The van der Waals surface area contributed by atoms with E-state index in [9.17, 15) is 14.0 Å². The topological polar surface area (TPSA) is 105 Å². The van der Waals surface area contributed by atoms with Gasteiger partial charge in [0.25, 0.3) is 11.8 Å². The standard InChI is InChI=1S/C22H18FN5O2S/c23-14-5-3-12(4-6-14)16-10-17(27-26-16)22(30)28-9-7-13(11-28)18-15-2-1-8-25-21(15)31-19(18)20(24)29/h1-6,8,10,13H,7,9,11H2,(H2,24,29)(H,26,27)/t13-/m0/s1. The van der Waals surface area contributed by atoms with Crippen LogP contribution in [0.25, 0.3) is 21.5 Å². The van der Waals surface area contributed by atoms with Crippen molar-refractivity contribution in [2.45, 2.75) is 12.3 Å². The minimum atomic E-state index is -0.472. The predicted octanol–water partition coefficient (Wildman–Crippen LogP) is 3.55. The number of pyridine rings is 1. The molecule has 7 nitrogen and oxygen atoms in total. The first kappa shape index (κ1) is 19.4. The SMILES string of the molecule is NC(=O)c1sc2ncccc2c1[C@H]1CCN(C(=O)c2cc(-c3ccc(F)cc3)n[nH]2)C1. The van der Waals surface area contributed by atoms with Crippen molar-refractivity contribution in [3.63, 3.8) is 0 Å². The van der Waals surface area contributed by atoms with Crippen molar-refractivity contribution in [1.82, 2.24) is 20.1 Å². The van der Waals surface area contributed by atoms with Crippen molar-refractivity contribution in [2.24, 2.45) is 5.73 Å². The molecule has 0 bridgehead atoms. The molecule has 0 saturated carbocycles. The van der Waals surface area contributed by atoms with Gasteiger partial charge in [0.15, 0.2) is 0 Å². The Balaban J connectivity index is 1.39. The van der Waals surface area contributed by atoms with Crippen LogP contribution in [0.2, 0.25) is 0 Å². The third-order valence-electron chi connectivity index (χ3n) is 5.56. The molecule has 156 valence electrons. The van der Waals surface area contributed by atoms with Crippen LogP contribution < -0.4 is 5.73 Å². The summed E-state index contributed by atoms with van der Waals surface area (Å²) in [7, 11) is 0. The van der Waals surface area contributed by atoms with E-state index in [1.807, 2.05) is 12.1 Å². The van der Waals surface area contributed by atoms with Crippen LogP contribution in [0.15, 0.2) is 48.7 Å². The van der Waals surface area contributed by atoms with Gasteiger partial charge in [0.05, 0.1) is 10.6 Å². The molecule has 0 radical (unpaired) electrons. The van der Waals surface area contributed by atoms with E-state index in [0.717, 1.165) is 27.8 Å². The Bertz CT molecular complexity index is 1300. The van der Waals surface area contributed by atoms with Crippen molar-refractivity contribution < 1.29 is 14.0 Å². The molecule has 1 aliphatic rings. The minimum Gasteiger partial charge on any atom is -0.365 e. The van der Waals surface area contributed by atoms with E-state index < -0.39 is 5.91 Å². The summed E-state index contributed by atoms with van der Waals surface area (Å²) in [6, 6.07) is 11.4. The molecule has 1 aromatic carbocycles. The van der Waals surface area contributed by atoms with E-state index in [1.165, 1.54) is 23.5 Å². The van der Waals surface area contributed by atoms with Gasteiger partial charge >= 0.3 is 0 Å². The normalized spacial score (nSPS) is 16.2. The van der Waals surface area contributed by atoms with E-state index in [2.05, 4.69) is 15.2 Å². The Morgan fingerprint density at radius 1 is 1.23 bits per heavy atom. The van der Waals surface area contributed by atoms with Gasteiger partial charge in [-0.05, 0) is 48.4 Å². The number of nitrogens with two attached hydrogens (primary N) is 1. The zero-order valence-corrected chi connectivity index (χ0v) is 17.2. The van der Waals surface area contributed by atoms with Crippen molar-refractivity contribution >= 4 is 33.4 Å². The Morgan fingerprint density at radius 3 is 2.81 bits per heavy atom. The van der Waals surface area contributed by atoms with E-state index in [4.69, 9.17) is 5.73 Å². The average Bonchev–Trinajstić information content (AvgIpc) is 3.51. The van der Waals surface area contributed by atoms with E-state index in [0.29, 0.717) is 29.4 Å². The highest BCUT2D eigenvalue weighted by molar-refractivity contribution is 7.20. The molecule has 1 aliphatic heterocycles. The fraction of sp³-hybridized carbons (Fsp3) is 0.182. The number of likely N-dealkylation sites (tertiary alicyclic amines) is 1. The number of nitrogens with zero attached hydrogens (tertiary/aromatic N) is 3. The van der Waals surface area contributed by atoms with Gasteiger partial charge in [0, 0.05) is 36.2 Å². The van der Waals surface area contributed by atoms with Crippen LogP contribution in [0, 0.1) is 5.82 Å². The first-order valence-electron chi connectivity index (χ1n) is 9.79. The molecule has 3 N–H and O–H groups in total. The monoisotopic (exact) mass is 435 g/mol. The molecule has 4 aromatic rings. The Kier molecular flexibility index (Phi) is 4.74. The van der Waals surface area contributed by atoms with Crippen LogP contribution in [0.3, 0.4) is 0 Å². The first-order chi connectivity index (χ1) is 15.0. The number of aromatic nitrogens is 3. The smallest absolute Gasteiger partial charge is 0.271 e. The predicted molar refractivity (Wildman–Crippen MR) is 115 cm³/mol. The average molecular weight is 435 g/mol. The molecule has 9 heteroatoms. The van der Waals surface area contributed by atoms with Crippen LogP contribution in [-0.2, 0) is 0 Å². The summed E-state index contributed by atoms with van der Waals surface area (Å²) in [5.74, 6) is -0.962. The summed E-state index contributed by atoms with van der Waals surface area (Å²) in [4.78, 5) is 32.4. The van der Waals surface area contributed by atoms with Gasteiger partial charge in [0.2, 0.25) is 0 Å². The molecular formula is C22H18FN5O2S. The fourth-order valence-electron chi connectivity index (χ4n) is 4.09. The summed E-state index contributed by atoms with van der Waals surface area (Å²) in [5, 5.41) is 7.90.